The average molecular weight is 225 g/mol. The van der Waals surface area contributed by atoms with Crippen LogP contribution in [-0.4, -0.2) is 9.89 Å². The molecule has 0 aromatic rings. The third-order valence-corrected chi connectivity index (χ3v) is 1.65. The van der Waals surface area contributed by atoms with Crippen molar-refractivity contribution < 1.29 is 9.90 Å². The molecule has 0 aliphatic rings. The number of halogens is 1. The smallest absolute Gasteiger partial charge is 0.0546 e. The highest BCUT2D eigenvalue weighted by atomic mass is 127. The van der Waals surface area contributed by atoms with Crippen LogP contribution in [0.15, 0.2) is 12.7 Å². The Labute approximate surface area is 61.7 Å². The highest BCUT2D eigenvalue weighted by Crippen LogP contribution is 2.03. The summed E-state index contributed by atoms with van der Waals surface area (Å²) in [4.78, 5) is 9.92. The number of hydrogen-bond acceptors (Lipinski definition) is 2. The van der Waals surface area contributed by atoms with E-state index in [1.54, 1.807) is 28.7 Å². The lowest BCUT2D eigenvalue weighted by atomic mass is 10.3. The second-order valence-electron chi connectivity index (χ2n) is 1.31. The minimum absolute atomic E-state index is 0.426. The van der Waals surface area contributed by atoms with Crippen molar-refractivity contribution in [1.82, 2.24) is 0 Å². The molecule has 0 amide bonds. The maximum atomic E-state index is 9.92. The van der Waals surface area contributed by atoms with Crippen LogP contribution in [0.5, 0.6) is 0 Å². The lowest BCUT2D eigenvalue weighted by Crippen LogP contribution is -2.31. The molecule has 2 nitrogen and oxygen atoms in total. The zero-order valence-corrected chi connectivity index (χ0v) is 6.42. The Balaban J connectivity index is 3.46. The standard InChI is InChI=1S/C5H7IO2/c1-2-3-4(6)5(7)8/h2,4H,1,3H2,(H,7,8)/p-1. The van der Waals surface area contributed by atoms with E-state index in [2.05, 4.69) is 6.58 Å². The number of carboxylic acids is 1. The molecule has 0 aliphatic carbocycles. The molecule has 0 aromatic heterocycles. The van der Waals surface area contributed by atoms with Gasteiger partial charge in [-0.05, 0) is 6.42 Å². The van der Waals surface area contributed by atoms with E-state index in [4.69, 9.17) is 0 Å². The van der Waals surface area contributed by atoms with Crippen LogP contribution >= 0.6 is 22.6 Å². The van der Waals surface area contributed by atoms with Gasteiger partial charge in [0.05, 0.1) is 9.89 Å². The van der Waals surface area contributed by atoms with Crippen LogP contribution in [0.4, 0.5) is 0 Å². The Morgan fingerprint density at radius 3 is 2.62 bits per heavy atom. The highest BCUT2D eigenvalue weighted by Gasteiger charge is 1.98. The normalized spacial score (nSPS) is 12.6. The lowest BCUT2D eigenvalue weighted by Gasteiger charge is -2.05. The van der Waals surface area contributed by atoms with Crippen molar-refractivity contribution in [3.05, 3.63) is 12.7 Å². The highest BCUT2D eigenvalue weighted by molar-refractivity contribution is 14.1. The van der Waals surface area contributed by atoms with Crippen LogP contribution in [0.3, 0.4) is 0 Å². The first-order valence-corrected chi connectivity index (χ1v) is 3.39. The summed E-state index contributed by atoms with van der Waals surface area (Å²) < 4.78 is -0.426. The molecule has 0 saturated heterocycles. The zero-order valence-electron chi connectivity index (χ0n) is 4.26. The van der Waals surface area contributed by atoms with Crippen molar-refractivity contribution in [1.29, 1.82) is 0 Å². The van der Waals surface area contributed by atoms with Gasteiger partial charge in [0.15, 0.2) is 0 Å². The molecule has 3 heteroatoms. The van der Waals surface area contributed by atoms with E-state index in [9.17, 15) is 9.90 Å². The summed E-state index contributed by atoms with van der Waals surface area (Å²) in [5.41, 5.74) is 0. The van der Waals surface area contributed by atoms with Gasteiger partial charge in [0.1, 0.15) is 0 Å². The molecular formula is C5H6IO2-. The summed E-state index contributed by atoms with van der Waals surface area (Å²) in [6.07, 6.45) is 2.04. The lowest BCUT2D eigenvalue weighted by molar-refractivity contribution is -0.304. The van der Waals surface area contributed by atoms with E-state index in [1.807, 2.05) is 0 Å². The van der Waals surface area contributed by atoms with Gasteiger partial charge in [-0.2, -0.15) is 0 Å². The Morgan fingerprint density at radius 2 is 2.50 bits per heavy atom. The van der Waals surface area contributed by atoms with Crippen LogP contribution < -0.4 is 5.11 Å². The van der Waals surface area contributed by atoms with Crippen molar-refractivity contribution >= 4 is 28.6 Å². The van der Waals surface area contributed by atoms with E-state index in [0.717, 1.165) is 0 Å². The second kappa shape index (κ2) is 3.88. The summed E-state index contributed by atoms with van der Waals surface area (Å²) in [5, 5.41) is 9.92. The van der Waals surface area contributed by atoms with Gasteiger partial charge in [-0.15, -0.1) is 6.58 Å². The molecule has 0 rings (SSSR count). The molecule has 0 fully saturated rings. The fourth-order valence-electron chi connectivity index (χ4n) is 0.243. The van der Waals surface area contributed by atoms with Crippen LogP contribution in [0.1, 0.15) is 6.42 Å². The van der Waals surface area contributed by atoms with Gasteiger partial charge >= 0.3 is 0 Å². The van der Waals surface area contributed by atoms with Gasteiger partial charge in [-0.25, -0.2) is 0 Å². The molecule has 0 aliphatic heterocycles. The molecule has 0 bridgehead atoms. The summed E-state index contributed by atoms with van der Waals surface area (Å²) in [6, 6.07) is 0. The Hall–Kier alpha value is -0.0600. The van der Waals surface area contributed by atoms with E-state index in [0.29, 0.717) is 6.42 Å². The summed E-state index contributed by atoms with van der Waals surface area (Å²) >= 11 is 1.80. The van der Waals surface area contributed by atoms with Crippen molar-refractivity contribution in [2.45, 2.75) is 10.3 Å². The summed E-state index contributed by atoms with van der Waals surface area (Å²) in [7, 11) is 0. The van der Waals surface area contributed by atoms with Crippen molar-refractivity contribution in [2.24, 2.45) is 0 Å². The quantitative estimate of drug-likeness (QED) is 0.388. The first-order chi connectivity index (χ1) is 3.68. The number of allylic oxidation sites excluding steroid dienone is 1. The monoisotopic (exact) mass is 225 g/mol. The molecule has 0 spiro atoms. The molecular weight excluding hydrogens is 219 g/mol. The molecule has 0 aromatic carbocycles. The molecule has 1 atom stereocenters. The number of hydrogen-bond donors (Lipinski definition) is 0. The topological polar surface area (TPSA) is 40.1 Å². The molecule has 0 heterocycles. The third-order valence-electron chi connectivity index (χ3n) is 0.629. The predicted molar refractivity (Wildman–Crippen MR) is 37.6 cm³/mol. The van der Waals surface area contributed by atoms with Crippen molar-refractivity contribution in [3.8, 4) is 0 Å². The molecule has 0 N–H and O–H groups in total. The van der Waals surface area contributed by atoms with Crippen LogP contribution in [0.25, 0.3) is 0 Å². The largest absolute Gasteiger partial charge is 0.549 e. The number of carbonyl (C=O) groups is 1. The maximum absolute atomic E-state index is 9.92. The number of aliphatic carboxylic acids is 1. The van der Waals surface area contributed by atoms with E-state index in [-0.39, 0.29) is 0 Å². The van der Waals surface area contributed by atoms with Gasteiger partial charge in [0, 0.05) is 0 Å². The van der Waals surface area contributed by atoms with Gasteiger partial charge in [0.25, 0.3) is 0 Å². The van der Waals surface area contributed by atoms with Crippen LogP contribution in [0.2, 0.25) is 0 Å². The Morgan fingerprint density at radius 1 is 2.00 bits per heavy atom. The van der Waals surface area contributed by atoms with Gasteiger partial charge in [0.2, 0.25) is 0 Å². The van der Waals surface area contributed by atoms with Crippen molar-refractivity contribution in [3.63, 3.8) is 0 Å². The Kier molecular flexibility index (Phi) is 3.85. The predicted octanol–water partition coefficient (Wildman–Crippen LogP) is 0.116. The molecule has 8 heavy (non-hydrogen) atoms. The fraction of sp³-hybridized carbons (Fsp3) is 0.400. The van der Waals surface area contributed by atoms with Gasteiger partial charge < -0.3 is 9.90 Å². The first kappa shape index (κ1) is 7.94. The number of carboxylic acid groups (broad SMARTS) is 1. The fourth-order valence-corrected chi connectivity index (χ4v) is 0.602. The van der Waals surface area contributed by atoms with E-state index in [1.165, 1.54) is 0 Å². The molecule has 46 valence electrons. The van der Waals surface area contributed by atoms with Gasteiger partial charge in [-0.1, -0.05) is 28.7 Å². The molecule has 0 radical (unpaired) electrons. The average Bonchev–Trinajstić information content (AvgIpc) is 1.67. The number of rotatable bonds is 3. The first-order valence-electron chi connectivity index (χ1n) is 2.14. The van der Waals surface area contributed by atoms with Crippen molar-refractivity contribution in [2.75, 3.05) is 0 Å². The van der Waals surface area contributed by atoms with E-state index < -0.39 is 9.89 Å². The summed E-state index contributed by atoms with van der Waals surface area (Å²) in [6.45, 7) is 3.39. The molecule has 1 unspecified atom stereocenters. The second-order valence-corrected chi connectivity index (χ2v) is 2.81. The Bertz CT molecular complexity index is 101. The molecule has 0 saturated carbocycles. The zero-order chi connectivity index (χ0) is 6.57. The van der Waals surface area contributed by atoms with Crippen LogP contribution in [0, 0.1) is 0 Å². The number of carbonyl (C=O) groups excluding carboxylic acids is 1. The maximum Gasteiger partial charge on any atom is 0.0546 e. The number of alkyl halides is 1. The SMILES string of the molecule is C=CCC(I)C(=O)[O-]. The van der Waals surface area contributed by atoms with Gasteiger partial charge in [-0.3, -0.25) is 0 Å². The summed E-state index contributed by atoms with van der Waals surface area (Å²) in [5.74, 6) is -1.02. The van der Waals surface area contributed by atoms with E-state index >= 15 is 0 Å². The van der Waals surface area contributed by atoms with Crippen LogP contribution in [-0.2, 0) is 4.79 Å². The minimum atomic E-state index is -1.02. The minimum Gasteiger partial charge on any atom is -0.549 e. The third kappa shape index (κ3) is 3.01.